The third-order valence-corrected chi connectivity index (χ3v) is 2.97. The molecule has 0 aliphatic rings. The molecular weight excluding hydrogens is 285 g/mol. The molecule has 0 radical (unpaired) electrons. The van der Waals surface area contributed by atoms with Crippen LogP contribution < -0.4 is 10.1 Å². The number of hydrogen-bond acceptors (Lipinski definition) is 2. The van der Waals surface area contributed by atoms with Gasteiger partial charge >= 0.3 is 0 Å². The molecule has 1 N–H and O–H groups in total. The van der Waals surface area contributed by atoms with E-state index in [9.17, 15) is 4.79 Å². The molecule has 0 spiro atoms. The Bertz CT molecular complexity index is 410. The lowest BCUT2D eigenvalue weighted by Gasteiger charge is -2.12. The van der Waals surface area contributed by atoms with Crippen LogP contribution in [0.15, 0.2) is 18.2 Å². The minimum atomic E-state index is -0.0475. The molecule has 1 aromatic rings. The number of amides is 1. The van der Waals surface area contributed by atoms with Crippen molar-refractivity contribution in [3.8, 4) is 5.75 Å². The van der Waals surface area contributed by atoms with Crippen molar-refractivity contribution >= 4 is 34.8 Å². The molecule has 106 valence electrons. The van der Waals surface area contributed by atoms with E-state index < -0.39 is 0 Å². The van der Waals surface area contributed by atoms with Crippen LogP contribution in [-0.4, -0.2) is 18.4 Å². The van der Waals surface area contributed by atoms with Crippen LogP contribution in [0, 0.1) is 0 Å². The molecule has 1 rings (SSSR count). The van der Waals surface area contributed by atoms with Gasteiger partial charge in [-0.2, -0.15) is 0 Å². The van der Waals surface area contributed by atoms with Crippen molar-refractivity contribution in [3.63, 3.8) is 0 Å². The van der Waals surface area contributed by atoms with Crippen molar-refractivity contribution < 1.29 is 9.53 Å². The lowest BCUT2D eigenvalue weighted by Crippen LogP contribution is -2.12. The Balaban J connectivity index is 2.63. The second-order valence-corrected chi connectivity index (χ2v) is 5.00. The molecule has 0 bridgehead atoms. The van der Waals surface area contributed by atoms with Gasteiger partial charge in [-0.05, 0) is 37.5 Å². The van der Waals surface area contributed by atoms with Crippen molar-refractivity contribution in [3.05, 3.63) is 23.2 Å². The third kappa shape index (κ3) is 6.17. The Hall–Kier alpha value is -0.930. The number of unbranched alkanes of at least 4 members (excludes halogenated alkanes) is 1. The maximum Gasteiger partial charge on any atom is 0.224 e. The number of alkyl halides is 1. The van der Waals surface area contributed by atoms with E-state index in [2.05, 4.69) is 5.32 Å². The highest BCUT2D eigenvalue weighted by atomic mass is 35.5. The number of halogens is 2. The Kier molecular flexibility index (Phi) is 7.68. The highest BCUT2D eigenvalue weighted by molar-refractivity contribution is 6.31. The average Bonchev–Trinajstić information content (AvgIpc) is 2.38. The summed E-state index contributed by atoms with van der Waals surface area (Å²) in [4.78, 5) is 11.8. The fraction of sp³-hybridized carbons (Fsp3) is 0.500. The first kappa shape index (κ1) is 16.1. The van der Waals surface area contributed by atoms with Crippen LogP contribution in [0.2, 0.25) is 5.02 Å². The molecule has 0 atom stereocenters. The summed E-state index contributed by atoms with van der Waals surface area (Å²) in [6.07, 6.45) is 2.98. The van der Waals surface area contributed by atoms with Crippen molar-refractivity contribution in [1.82, 2.24) is 0 Å². The predicted molar refractivity (Wildman–Crippen MR) is 80.4 cm³/mol. The van der Waals surface area contributed by atoms with Gasteiger partial charge in [-0.3, -0.25) is 4.79 Å². The molecule has 3 nitrogen and oxygen atoms in total. The van der Waals surface area contributed by atoms with Gasteiger partial charge in [0.2, 0.25) is 5.91 Å². The van der Waals surface area contributed by atoms with Crippen LogP contribution in [0.5, 0.6) is 5.75 Å². The zero-order valence-corrected chi connectivity index (χ0v) is 12.6. The second kappa shape index (κ2) is 9.05. The largest absolute Gasteiger partial charge is 0.491 e. The average molecular weight is 304 g/mol. The standard InChI is InChI=1S/C14H19Cl2NO2/c1-2-9-19-13-7-6-11(16)10-12(13)17-14(18)5-3-4-8-15/h6-7,10H,2-5,8-9H2,1H3,(H,17,18). The summed E-state index contributed by atoms with van der Waals surface area (Å²) in [6, 6.07) is 5.22. The summed E-state index contributed by atoms with van der Waals surface area (Å²) in [6.45, 7) is 2.64. The van der Waals surface area contributed by atoms with Gasteiger partial charge in [0.25, 0.3) is 0 Å². The van der Waals surface area contributed by atoms with Crippen LogP contribution >= 0.6 is 23.2 Å². The van der Waals surface area contributed by atoms with Gasteiger partial charge in [-0.1, -0.05) is 18.5 Å². The van der Waals surface area contributed by atoms with Crippen molar-refractivity contribution in [1.29, 1.82) is 0 Å². The van der Waals surface area contributed by atoms with E-state index in [1.54, 1.807) is 18.2 Å². The number of hydrogen-bond donors (Lipinski definition) is 1. The second-order valence-electron chi connectivity index (χ2n) is 4.18. The number of anilines is 1. The molecule has 0 aromatic heterocycles. The van der Waals surface area contributed by atoms with Gasteiger partial charge in [0.15, 0.2) is 0 Å². The van der Waals surface area contributed by atoms with Crippen molar-refractivity contribution in [2.45, 2.75) is 32.6 Å². The number of carbonyl (C=O) groups excluding carboxylic acids is 1. The minimum absolute atomic E-state index is 0.0475. The number of rotatable bonds is 8. The highest BCUT2D eigenvalue weighted by Crippen LogP contribution is 2.28. The quantitative estimate of drug-likeness (QED) is 0.568. The van der Waals surface area contributed by atoms with Gasteiger partial charge in [-0.15, -0.1) is 11.6 Å². The molecule has 0 fully saturated rings. The first-order valence-corrected chi connectivity index (χ1v) is 7.36. The SMILES string of the molecule is CCCOc1ccc(Cl)cc1NC(=O)CCCCCl. The normalized spacial score (nSPS) is 10.3. The van der Waals surface area contributed by atoms with Gasteiger partial charge in [-0.25, -0.2) is 0 Å². The smallest absolute Gasteiger partial charge is 0.224 e. The number of benzene rings is 1. The lowest BCUT2D eigenvalue weighted by atomic mass is 10.2. The Morgan fingerprint density at radius 1 is 1.37 bits per heavy atom. The molecule has 0 heterocycles. The first-order valence-electron chi connectivity index (χ1n) is 6.45. The van der Waals surface area contributed by atoms with E-state index in [4.69, 9.17) is 27.9 Å². The molecule has 0 unspecified atom stereocenters. The number of nitrogens with one attached hydrogen (secondary N) is 1. The van der Waals surface area contributed by atoms with Crippen LogP contribution in [-0.2, 0) is 4.79 Å². The first-order chi connectivity index (χ1) is 9.17. The Morgan fingerprint density at radius 3 is 2.84 bits per heavy atom. The van der Waals surface area contributed by atoms with Crippen LogP contribution in [0.25, 0.3) is 0 Å². The Labute approximate surface area is 124 Å². The molecular formula is C14H19Cl2NO2. The molecule has 0 aliphatic heterocycles. The summed E-state index contributed by atoms with van der Waals surface area (Å²) in [5, 5.41) is 3.40. The Morgan fingerprint density at radius 2 is 2.16 bits per heavy atom. The molecule has 0 aliphatic carbocycles. The van der Waals surface area contributed by atoms with E-state index in [1.807, 2.05) is 6.92 Å². The molecule has 0 saturated heterocycles. The molecule has 0 saturated carbocycles. The van der Waals surface area contributed by atoms with Gasteiger partial charge in [0.1, 0.15) is 5.75 Å². The third-order valence-electron chi connectivity index (χ3n) is 2.46. The fourth-order valence-corrected chi connectivity index (χ4v) is 1.89. The predicted octanol–water partition coefficient (Wildman–Crippen LogP) is 4.48. The highest BCUT2D eigenvalue weighted by Gasteiger charge is 2.08. The van der Waals surface area contributed by atoms with E-state index in [1.165, 1.54) is 0 Å². The molecule has 1 aromatic carbocycles. The van der Waals surface area contributed by atoms with Crippen LogP contribution in [0.1, 0.15) is 32.6 Å². The lowest BCUT2D eigenvalue weighted by molar-refractivity contribution is -0.116. The summed E-state index contributed by atoms with van der Waals surface area (Å²) >= 11 is 11.5. The molecule has 1 amide bonds. The van der Waals surface area contributed by atoms with Crippen LogP contribution in [0.4, 0.5) is 5.69 Å². The fourth-order valence-electron chi connectivity index (χ4n) is 1.53. The van der Waals surface area contributed by atoms with E-state index >= 15 is 0 Å². The monoisotopic (exact) mass is 303 g/mol. The number of carbonyl (C=O) groups is 1. The summed E-state index contributed by atoms with van der Waals surface area (Å²) in [5.41, 5.74) is 0.622. The van der Waals surface area contributed by atoms with E-state index in [-0.39, 0.29) is 5.91 Å². The maximum atomic E-state index is 11.8. The van der Waals surface area contributed by atoms with Gasteiger partial charge in [0.05, 0.1) is 12.3 Å². The molecule has 5 heteroatoms. The van der Waals surface area contributed by atoms with Crippen molar-refractivity contribution in [2.75, 3.05) is 17.8 Å². The summed E-state index contributed by atoms with van der Waals surface area (Å²) in [7, 11) is 0. The maximum absolute atomic E-state index is 11.8. The molecule has 19 heavy (non-hydrogen) atoms. The van der Waals surface area contributed by atoms with Gasteiger partial charge in [0, 0.05) is 17.3 Å². The summed E-state index contributed by atoms with van der Waals surface area (Å²) in [5.74, 6) is 1.18. The van der Waals surface area contributed by atoms with Crippen LogP contribution in [0.3, 0.4) is 0 Å². The van der Waals surface area contributed by atoms with E-state index in [0.29, 0.717) is 35.4 Å². The zero-order chi connectivity index (χ0) is 14.1. The summed E-state index contributed by atoms with van der Waals surface area (Å²) < 4.78 is 5.57. The zero-order valence-electron chi connectivity index (χ0n) is 11.0. The minimum Gasteiger partial charge on any atom is -0.491 e. The topological polar surface area (TPSA) is 38.3 Å². The van der Waals surface area contributed by atoms with Gasteiger partial charge < -0.3 is 10.1 Å². The van der Waals surface area contributed by atoms with Crippen molar-refractivity contribution in [2.24, 2.45) is 0 Å². The number of ether oxygens (including phenoxy) is 1. The van der Waals surface area contributed by atoms with E-state index in [0.717, 1.165) is 19.3 Å².